The molecule has 0 unspecified atom stereocenters. The van der Waals surface area contributed by atoms with Crippen LogP contribution in [0.15, 0.2) is 91.0 Å². The lowest BCUT2D eigenvalue weighted by molar-refractivity contribution is -0.139. The molecule has 6 heteroatoms. The van der Waals surface area contributed by atoms with Crippen LogP contribution in [0.4, 0.5) is 0 Å². The Hall–Kier alpha value is -4.16. The second-order valence-electron chi connectivity index (χ2n) is 12.6. The van der Waals surface area contributed by atoms with Crippen LogP contribution in [0, 0.1) is 5.92 Å². The average molecular weight is 639 g/mol. The predicted molar refractivity (Wildman–Crippen MR) is 189 cm³/mol. The smallest absolute Gasteiger partial charge is 0.338 e. The van der Waals surface area contributed by atoms with Gasteiger partial charge in [0.15, 0.2) is 0 Å². The summed E-state index contributed by atoms with van der Waals surface area (Å²) in [6.45, 7) is 12.1. The second-order valence-corrected chi connectivity index (χ2v) is 12.6. The van der Waals surface area contributed by atoms with Gasteiger partial charge in [-0.2, -0.15) is 0 Å². The van der Waals surface area contributed by atoms with E-state index in [1.807, 2.05) is 30.3 Å². The molecule has 1 fully saturated rings. The number of ether oxygens (including phenoxy) is 4. The van der Waals surface area contributed by atoms with Gasteiger partial charge in [-0.1, -0.05) is 88.2 Å². The number of methoxy groups -OCH3 is 1. The van der Waals surface area contributed by atoms with Crippen molar-refractivity contribution in [1.29, 1.82) is 0 Å². The molecule has 1 aliphatic carbocycles. The van der Waals surface area contributed by atoms with Crippen LogP contribution < -0.4 is 9.47 Å². The molecular formula is C41H50O6. The summed E-state index contributed by atoms with van der Waals surface area (Å²) in [6.07, 6.45) is 10.8. The summed E-state index contributed by atoms with van der Waals surface area (Å²) < 4.78 is 21.7. The quantitative estimate of drug-likeness (QED) is 0.0634. The number of esters is 2. The zero-order chi connectivity index (χ0) is 33.6. The van der Waals surface area contributed by atoms with E-state index in [2.05, 4.69) is 56.5 Å². The number of unbranched alkanes of at least 4 members (excludes halogenated alkanes) is 2. The van der Waals surface area contributed by atoms with E-state index in [1.165, 1.54) is 75.2 Å². The lowest BCUT2D eigenvalue weighted by atomic mass is 9.75. The second kappa shape index (κ2) is 18.2. The van der Waals surface area contributed by atoms with Crippen molar-refractivity contribution in [2.75, 3.05) is 26.9 Å². The Balaban J connectivity index is 1.46. The SMILES string of the molecule is C=C(C)C(=O)Oc1ccc(-c2ccc(-c3ccc(OCCCOC(=O)C(=C)COC)cc3C3CCC(CCCCC)CC3)cc2)cc1. The topological polar surface area (TPSA) is 71.1 Å². The Morgan fingerprint density at radius 3 is 2.04 bits per heavy atom. The molecule has 6 nitrogen and oxygen atoms in total. The van der Waals surface area contributed by atoms with Crippen molar-refractivity contribution in [2.24, 2.45) is 5.92 Å². The lowest BCUT2D eigenvalue weighted by Crippen LogP contribution is -2.14. The van der Waals surface area contributed by atoms with Gasteiger partial charge in [-0.05, 0) is 96.5 Å². The number of hydrogen-bond donors (Lipinski definition) is 0. The Morgan fingerprint density at radius 1 is 0.766 bits per heavy atom. The van der Waals surface area contributed by atoms with Gasteiger partial charge < -0.3 is 18.9 Å². The van der Waals surface area contributed by atoms with Gasteiger partial charge in [0.1, 0.15) is 11.5 Å². The van der Waals surface area contributed by atoms with Crippen LogP contribution in [-0.4, -0.2) is 38.9 Å². The van der Waals surface area contributed by atoms with Crippen molar-refractivity contribution < 1.29 is 28.5 Å². The third-order valence-corrected chi connectivity index (χ3v) is 8.87. The zero-order valence-corrected chi connectivity index (χ0v) is 28.4. The average Bonchev–Trinajstić information content (AvgIpc) is 3.09. The molecule has 0 aliphatic heterocycles. The van der Waals surface area contributed by atoms with Crippen molar-refractivity contribution in [3.8, 4) is 33.8 Å². The maximum Gasteiger partial charge on any atom is 0.338 e. The highest BCUT2D eigenvalue weighted by atomic mass is 16.5. The van der Waals surface area contributed by atoms with E-state index in [-0.39, 0.29) is 13.2 Å². The highest BCUT2D eigenvalue weighted by molar-refractivity contribution is 5.89. The van der Waals surface area contributed by atoms with Gasteiger partial charge in [0.05, 0.1) is 25.4 Å². The van der Waals surface area contributed by atoms with Crippen LogP contribution >= 0.6 is 0 Å². The summed E-state index contributed by atoms with van der Waals surface area (Å²) in [7, 11) is 1.52. The molecule has 4 rings (SSSR count). The van der Waals surface area contributed by atoms with Crippen molar-refractivity contribution >= 4 is 11.9 Å². The van der Waals surface area contributed by atoms with Gasteiger partial charge in [0.2, 0.25) is 0 Å². The van der Waals surface area contributed by atoms with Crippen molar-refractivity contribution in [3.63, 3.8) is 0 Å². The van der Waals surface area contributed by atoms with E-state index >= 15 is 0 Å². The fourth-order valence-corrected chi connectivity index (χ4v) is 6.18. The van der Waals surface area contributed by atoms with Crippen LogP contribution in [0.2, 0.25) is 0 Å². The van der Waals surface area contributed by atoms with E-state index in [1.54, 1.807) is 6.92 Å². The minimum absolute atomic E-state index is 0.162. The molecule has 0 bridgehead atoms. The van der Waals surface area contributed by atoms with E-state index in [4.69, 9.17) is 18.9 Å². The standard InChI is InChI=1S/C41H50O6/c1-6-7-8-10-31-11-13-35(14-12-31)39-27-37(45-25-9-26-46-41(43)30(4)28-44-5)23-24-38(39)34-17-15-32(16-18-34)33-19-21-36(22-20-33)47-40(42)29(2)3/h15-24,27,31,35H,2,4,6-14,25-26,28H2,1,3,5H3. The number of carbonyl (C=O) groups excluding carboxylic acids is 2. The molecule has 47 heavy (non-hydrogen) atoms. The number of benzene rings is 3. The first kappa shape index (κ1) is 35.7. The summed E-state index contributed by atoms with van der Waals surface area (Å²) in [5.74, 6) is 1.80. The van der Waals surface area contributed by atoms with Crippen LogP contribution in [0.1, 0.15) is 83.1 Å². The molecule has 0 N–H and O–H groups in total. The van der Waals surface area contributed by atoms with Crippen LogP contribution in [0.25, 0.3) is 22.3 Å². The van der Waals surface area contributed by atoms with Crippen molar-refractivity contribution in [2.45, 2.75) is 77.6 Å². The van der Waals surface area contributed by atoms with Crippen molar-refractivity contribution in [3.05, 3.63) is 96.6 Å². The van der Waals surface area contributed by atoms with Crippen LogP contribution in [0.3, 0.4) is 0 Å². The van der Waals surface area contributed by atoms with Gasteiger partial charge >= 0.3 is 11.9 Å². The first-order chi connectivity index (χ1) is 22.8. The Bertz CT molecular complexity index is 1480. The van der Waals surface area contributed by atoms with E-state index in [0.29, 0.717) is 35.8 Å². The number of hydrogen-bond acceptors (Lipinski definition) is 6. The molecule has 0 atom stereocenters. The van der Waals surface area contributed by atoms with Gasteiger partial charge in [-0.15, -0.1) is 0 Å². The molecule has 0 aromatic heterocycles. The van der Waals surface area contributed by atoms with E-state index < -0.39 is 11.9 Å². The molecule has 1 aliphatic rings. The van der Waals surface area contributed by atoms with E-state index in [0.717, 1.165) is 22.8 Å². The molecule has 0 heterocycles. The minimum Gasteiger partial charge on any atom is -0.493 e. The Morgan fingerprint density at radius 2 is 1.40 bits per heavy atom. The Labute approximate surface area is 280 Å². The Kier molecular flexibility index (Phi) is 13.9. The predicted octanol–water partition coefficient (Wildman–Crippen LogP) is 9.87. The highest BCUT2D eigenvalue weighted by Gasteiger charge is 2.25. The van der Waals surface area contributed by atoms with Gasteiger partial charge in [-0.3, -0.25) is 0 Å². The van der Waals surface area contributed by atoms with Gasteiger partial charge in [0, 0.05) is 19.1 Å². The first-order valence-corrected chi connectivity index (χ1v) is 17.0. The van der Waals surface area contributed by atoms with Gasteiger partial charge in [-0.25, -0.2) is 9.59 Å². The highest BCUT2D eigenvalue weighted by Crippen LogP contribution is 2.43. The summed E-state index contributed by atoms with van der Waals surface area (Å²) in [6, 6.07) is 22.7. The summed E-state index contributed by atoms with van der Waals surface area (Å²) in [5, 5.41) is 0. The summed E-state index contributed by atoms with van der Waals surface area (Å²) in [4.78, 5) is 23.8. The molecular weight excluding hydrogens is 588 g/mol. The van der Waals surface area contributed by atoms with Crippen molar-refractivity contribution in [1.82, 2.24) is 0 Å². The zero-order valence-electron chi connectivity index (χ0n) is 28.4. The molecule has 250 valence electrons. The van der Waals surface area contributed by atoms with Gasteiger partial charge in [0.25, 0.3) is 0 Å². The molecule has 3 aromatic carbocycles. The largest absolute Gasteiger partial charge is 0.493 e. The number of carbonyl (C=O) groups is 2. The molecule has 0 radical (unpaired) electrons. The summed E-state index contributed by atoms with van der Waals surface area (Å²) >= 11 is 0. The summed E-state index contributed by atoms with van der Waals surface area (Å²) in [5.41, 5.74) is 6.57. The minimum atomic E-state index is -0.434. The molecule has 0 amide bonds. The van der Waals surface area contributed by atoms with Crippen LogP contribution in [0.5, 0.6) is 11.5 Å². The molecule has 1 saturated carbocycles. The third-order valence-electron chi connectivity index (χ3n) is 8.87. The maximum atomic E-state index is 12.0. The molecule has 0 saturated heterocycles. The third kappa shape index (κ3) is 10.7. The fraction of sp³-hybridized carbons (Fsp3) is 0.415. The maximum absolute atomic E-state index is 12.0. The van der Waals surface area contributed by atoms with Crippen LogP contribution in [-0.2, 0) is 19.1 Å². The molecule has 3 aromatic rings. The normalized spacial score (nSPS) is 15.9. The monoisotopic (exact) mass is 638 g/mol. The van der Waals surface area contributed by atoms with E-state index in [9.17, 15) is 9.59 Å². The fourth-order valence-electron chi connectivity index (χ4n) is 6.18. The first-order valence-electron chi connectivity index (χ1n) is 17.0. The number of rotatable bonds is 17. The molecule has 0 spiro atoms. The lowest BCUT2D eigenvalue weighted by Gasteiger charge is -2.30.